The van der Waals surface area contributed by atoms with Crippen LogP contribution in [0.25, 0.3) is 0 Å². The molecule has 1 aromatic heterocycles. The van der Waals surface area contributed by atoms with Crippen molar-refractivity contribution in [3.05, 3.63) is 77.6 Å². The molecule has 7 nitrogen and oxygen atoms in total. The fourth-order valence-corrected chi connectivity index (χ4v) is 6.94. The van der Waals surface area contributed by atoms with E-state index in [9.17, 15) is 13.2 Å². The van der Waals surface area contributed by atoms with Crippen molar-refractivity contribution in [2.45, 2.75) is 24.0 Å². The second-order valence-electron chi connectivity index (χ2n) is 8.45. The normalized spacial score (nSPS) is 17.4. The maximum absolute atomic E-state index is 13.2. The molecule has 0 aliphatic carbocycles. The van der Waals surface area contributed by atoms with Gasteiger partial charge in [0.1, 0.15) is 5.82 Å². The highest BCUT2D eigenvalue weighted by molar-refractivity contribution is 7.99. The Morgan fingerprint density at radius 2 is 1.70 bits per heavy atom. The maximum Gasteiger partial charge on any atom is 0.233 e. The van der Waals surface area contributed by atoms with Gasteiger partial charge in [0.2, 0.25) is 5.91 Å². The van der Waals surface area contributed by atoms with Crippen molar-refractivity contribution < 1.29 is 13.2 Å². The zero-order valence-electron chi connectivity index (χ0n) is 18.8. The summed E-state index contributed by atoms with van der Waals surface area (Å²) in [5, 5.41) is 9.15. The number of rotatable bonds is 8. The number of carbonyl (C=O) groups excluding carboxylic acids is 1. The van der Waals surface area contributed by atoms with Gasteiger partial charge in [0.25, 0.3) is 0 Å². The zero-order valence-corrected chi connectivity index (χ0v) is 20.4. The first-order chi connectivity index (χ1) is 15.8. The first-order valence-electron chi connectivity index (χ1n) is 10.9. The van der Waals surface area contributed by atoms with Gasteiger partial charge in [-0.05, 0) is 23.5 Å². The van der Waals surface area contributed by atoms with Crippen LogP contribution in [-0.2, 0) is 28.1 Å². The molecule has 0 bridgehead atoms. The Labute approximate surface area is 199 Å². The molecule has 2 heterocycles. The number of sulfone groups is 1. The largest absolute Gasteiger partial charge is 0.334 e. The monoisotopic (exact) mass is 484 g/mol. The van der Waals surface area contributed by atoms with Gasteiger partial charge in [-0.25, -0.2) is 8.42 Å². The fourth-order valence-electron chi connectivity index (χ4n) is 4.22. The highest BCUT2D eigenvalue weighted by atomic mass is 32.2. The molecule has 0 radical (unpaired) electrons. The summed E-state index contributed by atoms with van der Waals surface area (Å²) in [5.74, 6) is 1.53. The molecule has 1 amide bonds. The van der Waals surface area contributed by atoms with Crippen molar-refractivity contribution in [2.75, 3.05) is 24.3 Å². The molecule has 0 N–H and O–H groups in total. The molecule has 0 saturated carbocycles. The first kappa shape index (κ1) is 23.5. The minimum atomic E-state index is -2.92. The van der Waals surface area contributed by atoms with Gasteiger partial charge >= 0.3 is 0 Å². The molecule has 4 rings (SSSR count). The number of carbonyl (C=O) groups is 1. The van der Waals surface area contributed by atoms with Gasteiger partial charge in [0.05, 0.1) is 23.3 Å². The molecule has 9 heteroatoms. The van der Waals surface area contributed by atoms with Gasteiger partial charge in [-0.1, -0.05) is 72.4 Å². The van der Waals surface area contributed by atoms with E-state index in [2.05, 4.69) is 10.2 Å². The summed E-state index contributed by atoms with van der Waals surface area (Å²) in [5.41, 5.74) is 2.11. The third-order valence-electron chi connectivity index (χ3n) is 6.06. The van der Waals surface area contributed by atoms with Gasteiger partial charge in [-0.2, -0.15) is 0 Å². The number of thioether (sulfide) groups is 1. The highest BCUT2D eigenvalue weighted by Gasteiger charge is 2.29. The van der Waals surface area contributed by atoms with E-state index in [-0.39, 0.29) is 35.1 Å². The van der Waals surface area contributed by atoms with Crippen molar-refractivity contribution >= 4 is 27.5 Å². The topological polar surface area (TPSA) is 85.2 Å². The Bertz CT molecular complexity index is 1160. The second kappa shape index (κ2) is 10.1. The highest BCUT2D eigenvalue weighted by Crippen LogP contribution is 2.29. The van der Waals surface area contributed by atoms with Crippen molar-refractivity contribution in [3.8, 4) is 0 Å². The summed E-state index contributed by atoms with van der Waals surface area (Å²) in [6.07, 6.45) is 1.25. The number of amides is 1. The lowest BCUT2D eigenvalue weighted by atomic mass is 9.97. The zero-order chi connectivity index (χ0) is 23.4. The predicted molar refractivity (Wildman–Crippen MR) is 130 cm³/mol. The van der Waals surface area contributed by atoms with E-state index in [1.807, 2.05) is 79.3 Å². The van der Waals surface area contributed by atoms with Crippen molar-refractivity contribution in [1.29, 1.82) is 0 Å². The third kappa shape index (κ3) is 5.65. The van der Waals surface area contributed by atoms with Crippen molar-refractivity contribution in [2.24, 2.45) is 13.0 Å². The summed E-state index contributed by atoms with van der Waals surface area (Å²) in [6, 6.07) is 19.8. The predicted octanol–water partition coefficient (Wildman–Crippen LogP) is 3.13. The molecule has 174 valence electrons. The standard InChI is InChI=1S/C24H28N4O3S2/c1-27-21(15-18-13-14-33(30,31)17-18)25-26-24(27)32-16-22(29)28(2)23(19-9-5-3-6-10-19)20-11-7-4-8-12-20/h3-12,18,23H,13-17H2,1-2H3. The minimum Gasteiger partial charge on any atom is -0.334 e. The Balaban J connectivity index is 1.43. The lowest BCUT2D eigenvalue weighted by Gasteiger charge is -2.29. The van der Waals surface area contributed by atoms with Gasteiger partial charge in [-0.3, -0.25) is 4.79 Å². The summed E-state index contributed by atoms with van der Waals surface area (Å²) < 4.78 is 25.3. The molecule has 1 saturated heterocycles. The molecule has 1 atom stereocenters. The molecule has 1 fully saturated rings. The van der Waals surface area contributed by atoms with Crippen LogP contribution in [-0.4, -0.2) is 58.3 Å². The van der Waals surface area contributed by atoms with Gasteiger partial charge in [0, 0.05) is 20.5 Å². The lowest BCUT2D eigenvalue weighted by Crippen LogP contribution is -2.33. The molecule has 1 aliphatic rings. The van der Waals surface area contributed by atoms with Crippen LogP contribution in [0.3, 0.4) is 0 Å². The molecule has 1 unspecified atom stereocenters. The van der Waals surface area contributed by atoms with Crippen LogP contribution in [0.15, 0.2) is 65.8 Å². The number of aromatic nitrogens is 3. The SMILES string of the molecule is CN(C(=O)CSc1nnc(CC2CCS(=O)(=O)C2)n1C)C(c1ccccc1)c1ccccc1. The Kier molecular flexibility index (Phi) is 7.19. The average Bonchev–Trinajstić information content (AvgIpc) is 3.34. The Hall–Kier alpha value is -2.65. The van der Waals surface area contributed by atoms with E-state index in [0.29, 0.717) is 18.0 Å². The van der Waals surface area contributed by atoms with E-state index < -0.39 is 9.84 Å². The number of hydrogen-bond acceptors (Lipinski definition) is 6. The van der Waals surface area contributed by atoms with Crippen LogP contribution >= 0.6 is 11.8 Å². The van der Waals surface area contributed by atoms with Crippen LogP contribution in [0, 0.1) is 5.92 Å². The van der Waals surface area contributed by atoms with E-state index in [1.54, 1.807) is 4.90 Å². The lowest BCUT2D eigenvalue weighted by molar-refractivity contribution is -0.128. The molecule has 33 heavy (non-hydrogen) atoms. The van der Waals surface area contributed by atoms with Crippen LogP contribution in [0.2, 0.25) is 0 Å². The summed E-state index contributed by atoms with van der Waals surface area (Å²) in [6.45, 7) is 0. The maximum atomic E-state index is 13.2. The van der Waals surface area contributed by atoms with E-state index in [4.69, 9.17) is 0 Å². The minimum absolute atomic E-state index is 0.0101. The summed E-state index contributed by atoms with van der Waals surface area (Å²) in [4.78, 5) is 14.9. The molecule has 1 aliphatic heterocycles. The molecule has 2 aromatic carbocycles. The van der Waals surface area contributed by atoms with Crippen LogP contribution < -0.4 is 0 Å². The number of hydrogen-bond donors (Lipinski definition) is 0. The molecular formula is C24H28N4O3S2. The summed E-state index contributed by atoms with van der Waals surface area (Å²) in [7, 11) is 0.777. The van der Waals surface area contributed by atoms with Crippen LogP contribution in [0.5, 0.6) is 0 Å². The van der Waals surface area contributed by atoms with Crippen molar-refractivity contribution in [1.82, 2.24) is 19.7 Å². The van der Waals surface area contributed by atoms with E-state index in [0.717, 1.165) is 17.0 Å². The number of nitrogens with zero attached hydrogens (tertiary/aromatic N) is 4. The quantitative estimate of drug-likeness (QED) is 0.457. The fraction of sp³-hybridized carbons (Fsp3) is 0.375. The van der Waals surface area contributed by atoms with Crippen LogP contribution in [0.4, 0.5) is 0 Å². The van der Waals surface area contributed by atoms with Gasteiger partial charge < -0.3 is 9.47 Å². The average molecular weight is 485 g/mol. The number of benzene rings is 2. The van der Waals surface area contributed by atoms with E-state index in [1.165, 1.54) is 11.8 Å². The second-order valence-corrected chi connectivity index (χ2v) is 11.6. The molecular weight excluding hydrogens is 456 g/mol. The molecule has 0 spiro atoms. The van der Waals surface area contributed by atoms with Crippen LogP contribution in [0.1, 0.15) is 29.4 Å². The third-order valence-corrected chi connectivity index (χ3v) is 8.90. The van der Waals surface area contributed by atoms with Gasteiger partial charge in [0.15, 0.2) is 15.0 Å². The van der Waals surface area contributed by atoms with Crippen molar-refractivity contribution in [3.63, 3.8) is 0 Å². The summed E-state index contributed by atoms with van der Waals surface area (Å²) >= 11 is 1.35. The first-order valence-corrected chi connectivity index (χ1v) is 13.7. The van der Waals surface area contributed by atoms with E-state index >= 15 is 0 Å². The smallest absolute Gasteiger partial charge is 0.233 e. The Morgan fingerprint density at radius 3 is 2.24 bits per heavy atom. The van der Waals surface area contributed by atoms with Gasteiger partial charge in [-0.15, -0.1) is 10.2 Å². The molecule has 3 aromatic rings. The Morgan fingerprint density at radius 1 is 1.09 bits per heavy atom.